The molecule has 1 aromatic heterocycles. The van der Waals surface area contributed by atoms with Crippen molar-refractivity contribution in [1.29, 1.82) is 0 Å². The number of hydrogen-bond acceptors (Lipinski definition) is 3. The van der Waals surface area contributed by atoms with Gasteiger partial charge in [0.25, 0.3) is 0 Å². The van der Waals surface area contributed by atoms with E-state index in [2.05, 4.69) is 5.43 Å². The summed E-state index contributed by atoms with van der Waals surface area (Å²) in [6.07, 6.45) is 0.316. The SMILES string of the molecule is Cc1cc(C(Cc2cccc(F)c2F)NN)cs1. The third-order valence-electron chi connectivity index (χ3n) is 2.81. The van der Waals surface area contributed by atoms with Crippen molar-refractivity contribution in [1.82, 2.24) is 5.43 Å². The number of aryl methyl sites for hydroxylation is 1. The van der Waals surface area contributed by atoms with Crippen molar-refractivity contribution in [2.24, 2.45) is 5.84 Å². The van der Waals surface area contributed by atoms with Crippen LogP contribution in [0, 0.1) is 18.6 Å². The quantitative estimate of drug-likeness (QED) is 0.660. The van der Waals surface area contributed by atoms with Gasteiger partial charge in [0.1, 0.15) is 0 Å². The van der Waals surface area contributed by atoms with Gasteiger partial charge in [-0.05, 0) is 42.0 Å². The highest BCUT2D eigenvalue weighted by molar-refractivity contribution is 7.10. The summed E-state index contributed by atoms with van der Waals surface area (Å²) in [7, 11) is 0. The topological polar surface area (TPSA) is 38.0 Å². The lowest BCUT2D eigenvalue weighted by molar-refractivity contribution is 0.481. The molecular formula is C13H14F2N2S. The summed E-state index contributed by atoms with van der Waals surface area (Å²) >= 11 is 1.60. The van der Waals surface area contributed by atoms with E-state index in [1.54, 1.807) is 17.4 Å². The Hall–Kier alpha value is -1.30. The van der Waals surface area contributed by atoms with Crippen LogP contribution in [-0.4, -0.2) is 0 Å². The number of hydrazine groups is 1. The summed E-state index contributed by atoms with van der Waals surface area (Å²) in [4.78, 5) is 1.16. The summed E-state index contributed by atoms with van der Waals surface area (Å²) < 4.78 is 26.7. The molecular weight excluding hydrogens is 254 g/mol. The van der Waals surface area contributed by atoms with Gasteiger partial charge in [-0.1, -0.05) is 12.1 Å². The van der Waals surface area contributed by atoms with Crippen LogP contribution in [0.4, 0.5) is 8.78 Å². The Morgan fingerprint density at radius 2 is 2.17 bits per heavy atom. The third kappa shape index (κ3) is 2.75. The molecule has 18 heavy (non-hydrogen) atoms. The molecule has 1 atom stereocenters. The molecule has 0 aliphatic heterocycles. The molecule has 0 saturated heterocycles. The lowest BCUT2D eigenvalue weighted by Crippen LogP contribution is -2.29. The molecule has 2 nitrogen and oxygen atoms in total. The van der Waals surface area contributed by atoms with Crippen LogP contribution in [-0.2, 0) is 6.42 Å². The summed E-state index contributed by atoms with van der Waals surface area (Å²) in [6, 6.07) is 5.96. The van der Waals surface area contributed by atoms with E-state index >= 15 is 0 Å². The van der Waals surface area contributed by atoms with Gasteiger partial charge in [0, 0.05) is 4.88 Å². The minimum absolute atomic E-state index is 0.216. The monoisotopic (exact) mass is 268 g/mol. The molecule has 2 aromatic rings. The minimum atomic E-state index is -0.829. The normalized spacial score (nSPS) is 12.7. The predicted octanol–water partition coefficient (Wildman–Crippen LogP) is 3.08. The van der Waals surface area contributed by atoms with Gasteiger partial charge < -0.3 is 0 Å². The Morgan fingerprint density at radius 1 is 1.39 bits per heavy atom. The van der Waals surface area contributed by atoms with Gasteiger partial charge in [0.05, 0.1) is 6.04 Å². The third-order valence-corrected chi connectivity index (χ3v) is 3.69. The average molecular weight is 268 g/mol. The van der Waals surface area contributed by atoms with Gasteiger partial charge in [-0.15, -0.1) is 11.3 Å². The fraction of sp³-hybridized carbons (Fsp3) is 0.231. The first-order valence-electron chi connectivity index (χ1n) is 5.56. The largest absolute Gasteiger partial charge is 0.271 e. The van der Waals surface area contributed by atoms with E-state index < -0.39 is 11.6 Å². The van der Waals surface area contributed by atoms with E-state index in [-0.39, 0.29) is 6.04 Å². The molecule has 3 N–H and O–H groups in total. The molecule has 5 heteroatoms. The second kappa shape index (κ2) is 5.56. The van der Waals surface area contributed by atoms with Crippen molar-refractivity contribution in [3.8, 4) is 0 Å². The molecule has 1 unspecified atom stereocenters. The number of nitrogens with one attached hydrogen (secondary N) is 1. The van der Waals surface area contributed by atoms with Crippen LogP contribution >= 0.6 is 11.3 Å². The van der Waals surface area contributed by atoms with Crippen molar-refractivity contribution in [3.63, 3.8) is 0 Å². The van der Waals surface area contributed by atoms with Gasteiger partial charge in [0.15, 0.2) is 11.6 Å². The molecule has 2 rings (SSSR count). The highest BCUT2D eigenvalue weighted by Gasteiger charge is 2.16. The number of nitrogens with two attached hydrogens (primary N) is 1. The first kappa shape index (κ1) is 13.1. The Bertz CT molecular complexity index is 540. The second-order valence-corrected chi connectivity index (χ2v) is 5.24. The number of hydrogen-bond donors (Lipinski definition) is 2. The van der Waals surface area contributed by atoms with Crippen LogP contribution in [0.15, 0.2) is 29.6 Å². The molecule has 0 saturated carbocycles. The van der Waals surface area contributed by atoms with Gasteiger partial charge in [-0.25, -0.2) is 8.78 Å². The van der Waals surface area contributed by atoms with Crippen molar-refractivity contribution < 1.29 is 8.78 Å². The van der Waals surface area contributed by atoms with Crippen molar-refractivity contribution >= 4 is 11.3 Å². The maximum absolute atomic E-state index is 13.6. The van der Waals surface area contributed by atoms with Crippen molar-refractivity contribution in [3.05, 3.63) is 57.3 Å². The van der Waals surface area contributed by atoms with Gasteiger partial charge in [0.2, 0.25) is 0 Å². The summed E-state index contributed by atoms with van der Waals surface area (Å²) in [5.74, 6) is 3.86. The molecule has 0 aliphatic carbocycles. The zero-order valence-corrected chi connectivity index (χ0v) is 10.7. The predicted molar refractivity (Wildman–Crippen MR) is 69.2 cm³/mol. The summed E-state index contributed by atoms with van der Waals surface area (Å²) in [5, 5.41) is 1.97. The van der Waals surface area contributed by atoms with Crippen LogP contribution in [0.1, 0.15) is 22.0 Å². The van der Waals surface area contributed by atoms with Crippen molar-refractivity contribution in [2.75, 3.05) is 0 Å². The summed E-state index contributed by atoms with van der Waals surface area (Å²) in [5.41, 5.74) is 3.96. The lowest BCUT2D eigenvalue weighted by Gasteiger charge is -2.15. The van der Waals surface area contributed by atoms with E-state index in [9.17, 15) is 8.78 Å². The zero-order chi connectivity index (χ0) is 13.1. The minimum Gasteiger partial charge on any atom is -0.271 e. The highest BCUT2D eigenvalue weighted by Crippen LogP contribution is 2.24. The standard InChI is InChI=1S/C13H14F2N2S/c1-8-5-10(7-18-8)12(17-16)6-9-3-2-4-11(14)13(9)15/h2-5,7,12,17H,6,16H2,1H3. The van der Waals surface area contributed by atoms with Gasteiger partial charge in [-0.2, -0.15) is 0 Å². The molecule has 0 spiro atoms. The first-order valence-corrected chi connectivity index (χ1v) is 6.44. The lowest BCUT2D eigenvalue weighted by atomic mass is 10.0. The molecule has 0 amide bonds. The molecule has 96 valence electrons. The first-order chi connectivity index (χ1) is 8.61. The molecule has 0 radical (unpaired) electrons. The number of halogens is 2. The second-order valence-electron chi connectivity index (χ2n) is 4.13. The zero-order valence-electron chi connectivity index (χ0n) is 9.91. The maximum Gasteiger partial charge on any atom is 0.162 e. The van der Waals surface area contributed by atoms with Gasteiger partial charge in [-0.3, -0.25) is 11.3 Å². The average Bonchev–Trinajstić information content (AvgIpc) is 2.78. The van der Waals surface area contributed by atoms with E-state index in [1.165, 1.54) is 6.07 Å². The molecule has 0 aliphatic rings. The number of thiophene rings is 1. The molecule has 1 aromatic carbocycles. The molecule has 0 bridgehead atoms. The van der Waals surface area contributed by atoms with Crippen LogP contribution < -0.4 is 11.3 Å². The highest BCUT2D eigenvalue weighted by atomic mass is 32.1. The Morgan fingerprint density at radius 3 is 2.78 bits per heavy atom. The fourth-order valence-electron chi connectivity index (χ4n) is 1.85. The number of benzene rings is 1. The Labute approximate surface area is 108 Å². The molecule has 0 fully saturated rings. The Balaban J connectivity index is 2.23. The van der Waals surface area contributed by atoms with E-state index in [4.69, 9.17) is 5.84 Å². The van der Waals surface area contributed by atoms with Crippen LogP contribution in [0.5, 0.6) is 0 Å². The molecule has 1 heterocycles. The van der Waals surface area contributed by atoms with E-state index in [0.717, 1.165) is 16.5 Å². The Kier molecular flexibility index (Phi) is 4.06. The van der Waals surface area contributed by atoms with Gasteiger partial charge >= 0.3 is 0 Å². The fourth-order valence-corrected chi connectivity index (χ4v) is 2.60. The van der Waals surface area contributed by atoms with E-state index in [0.29, 0.717) is 12.0 Å². The smallest absolute Gasteiger partial charge is 0.162 e. The van der Waals surface area contributed by atoms with E-state index in [1.807, 2.05) is 18.4 Å². The van der Waals surface area contributed by atoms with Crippen LogP contribution in [0.3, 0.4) is 0 Å². The maximum atomic E-state index is 13.6. The summed E-state index contributed by atoms with van der Waals surface area (Å²) in [6.45, 7) is 1.99. The van der Waals surface area contributed by atoms with Crippen LogP contribution in [0.2, 0.25) is 0 Å². The van der Waals surface area contributed by atoms with Crippen molar-refractivity contribution in [2.45, 2.75) is 19.4 Å². The van der Waals surface area contributed by atoms with Crippen LogP contribution in [0.25, 0.3) is 0 Å². The number of rotatable bonds is 4.